The van der Waals surface area contributed by atoms with E-state index in [1.807, 2.05) is 0 Å². The molecule has 0 aliphatic carbocycles. The summed E-state index contributed by atoms with van der Waals surface area (Å²) in [5.41, 5.74) is 0.390. The van der Waals surface area contributed by atoms with Crippen LogP contribution in [0, 0.1) is 0 Å². The zero-order chi connectivity index (χ0) is 14.8. The molecule has 1 fully saturated rings. The topological polar surface area (TPSA) is 63.7 Å². The van der Waals surface area contributed by atoms with Crippen LogP contribution in [0.1, 0.15) is 10.4 Å². The van der Waals surface area contributed by atoms with Crippen molar-refractivity contribution in [2.75, 3.05) is 31.3 Å². The number of alkyl halides is 1. The van der Waals surface area contributed by atoms with Gasteiger partial charge in [0.05, 0.1) is 24.2 Å². The van der Waals surface area contributed by atoms with Gasteiger partial charge in [0.1, 0.15) is 0 Å². The van der Waals surface area contributed by atoms with Crippen molar-refractivity contribution in [2.45, 2.75) is 10.9 Å². The van der Waals surface area contributed by atoms with E-state index in [-0.39, 0.29) is 16.8 Å². The Hall–Kier alpha value is -0.920. The van der Waals surface area contributed by atoms with Crippen molar-refractivity contribution in [2.24, 2.45) is 0 Å². The number of benzene rings is 1. The van der Waals surface area contributed by atoms with Gasteiger partial charge in [-0.2, -0.15) is 0 Å². The van der Waals surface area contributed by atoms with Crippen molar-refractivity contribution in [3.8, 4) is 0 Å². The monoisotopic (exact) mass is 361 g/mol. The molecule has 1 amide bonds. The van der Waals surface area contributed by atoms with E-state index >= 15 is 0 Å². The second-order valence-electron chi connectivity index (χ2n) is 4.68. The molecule has 0 aromatic heterocycles. The Bertz CT molecular complexity index is 602. The molecule has 1 aliphatic heterocycles. The first kappa shape index (κ1) is 15.5. The van der Waals surface area contributed by atoms with Crippen LogP contribution in [0.4, 0.5) is 0 Å². The fourth-order valence-electron chi connectivity index (χ4n) is 2.08. The van der Waals surface area contributed by atoms with E-state index in [4.69, 9.17) is 4.74 Å². The summed E-state index contributed by atoms with van der Waals surface area (Å²) in [5.74, 6) is -0.164. The molecule has 1 heterocycles. The molecule has 0 bridgehead atoms. The predicted octanol–water partition coefficient (Wildman–Crippen LogP) is 1.33. The van der Waals surface area contributed by atoms with Gasteiger partial charge in [-0.1, -0.05) is 22.0 Å². The lowest BCUT2D eigenvalue weighted by Crippen LogP contribution is -2.49. The van der Waals surface area contributed by atoms with Gasteiger partial charge in [-0.05, 0) is 18.2 Å². The van der Waals surface area contributed by atoms with E-state index in [0.29, 0.717) is 30.7 Å². The van der Waals surface area contributed by atoms with E-state index in [1.54, 1.807) is 17.0 Å². The maximum atomic E-state index is 12.5. The molecule has 0 N–H and O–H groups in total. The van der Waals surface area contributed by atoms with Crippen LogP contribution in [0.3, 0.4) is 0 Å². The summed E-state index contributed by atoms with van der Waals surface area (Å²) in [7, 11) is -3.31. The Morgan fingerprint density at radius 3 is 2.90 bits per heavy atom. The molecule has 0 radical (unpaired) electrons. The van der Waals surface area contributed by atoms with Crippen LogP contribution < -0.4 is 0 Å². The highest BCUT2D eigenvalue weighted by Gasteiger charge is 2.27. The van der Waals surface area contributed by atoms with Gasteiger partial charge in [0.25, 0.3) is 5.91 Å². The van der Waals surface area contributed by atoms with Gasteiger partial charge in [0, 0.05) is 23.7 Å². The zero-order valence-corrected chi connectivity index (χ0v) is 13.5. The lowest BCUT2D eigenvalue weighted by Gasteiger charge is -2.34. The van der Waals surface area contributed by atoms with Crippen LogP contribution in [-0.4, -0.2) is 56.6 Å². The van der Waals surface area contributed by atoms with E-state index in [9.17, 15) is 13.2 Å². The highest BCUT2D eigenvalue weighted by atomic mass is 79.9. The first-order chi connectivity index (χ1) is 9.43. The third kappa shape index (κ3) is 3.39. The number of nitrogens with zero attached hydrogens (tertiary/aromatic N) is 1. The standard InChI is InChI=1S/C13H16BrNO4S/c1-20(17,18)12-4-2-3-10(7-12)13(16)15-5-6-19-9-11(15)8-14/h2-4,7,11H,5-6,8-9H2,1H3. The first-order valence-electron chi connectivity index (χ1n) is 6.18. The number of halogens is 1. The number of ether oxygens (including phenoxy) is 1. The van der Waals surface area contributed by atoms with Crippen molar-refractivity contribution < 1.29 is 17.9 Å². The molecule has 20 heavy (non-hydrogen) atoms. The fraction of sp³-hybridized carbons (Fsp3) is 0.462. The molecule has 1 aromatic carbocycles. The van der Waals surface area contributed by atoms with Crippen LogP contribution in [0.5, 0.6) is 0 Å². The summed E-state index contributed by atoms with van der Waals surface area (Å²) < 4.78 is 28.5. The van der Waals surface area contributed by atoms with E-state index in [1.165, 1.54) is 12.1 Å². The van der Waals surface area contributed by atoms with Gasteiger partial charge in [-0.3, -0.25) is 4.79 Å². The second-order valence-corrected chi connectivity index (χ2v) is 7.34. The lowest BCUT2D eigenvalue weighted by atomic mass is 10.1. The third-order valence-electron chi connectivity index (χ3n) is 3.18. The summed E-state index contributed by atoms with van der Waals surface area (Å²) in [6, 6.07) is 6.12. The van der Waals surface area contributed by atoms with E-state index in [0.717, 1.165) is 6.26 Å². The molecule has 5 nitrogen and oxygen atoms in total. The number of sulfone groups is 1. The number of hydrogen-bond acceptors (Lipinski definition) is 4. The highest BCUT2D eigenvalue weighted by molar-refractivity contribution is 9.09. The van der Waals surface area contributed by atoms with Crippen LogP contribution in [0.2, 0.25) is 0 Å². The first-order valence-corrected chi connectivity index (χ1v) is 9.19. The van der Waals surface area contributed by atoms with Crippen LogP contribution in [0.15, 0.2) is 29.2 Å². The van der Waals surface area contributed by atoms with Crippen molar-refractivity contribution in [1.82, 2.24) is 4.90 Å². The summed E-state index contributed by atoms with van der Waals surface area (Å²) >= 11 is 3.37. The number of rotatable bonds is 3. The molecular weight excluding hydrogens is 346 g/mol. The molecule has 7 heteroatoms. The average Bonchev–Trinajstić information content (AvgIpc) is 2.45. The smallest absolute Gasteiger partial charge is 0.254 e. The normalized spacial score (nSPS) is 19.9. The SMILES string of the molecule is CS(=O)(=O)c1cccc(C(=O)N2CCOCC2CBr)c1. The van der Waals surface area contributed by atoms with E-state index < -0.39 is 9.84 Å². The van der Waals surface area contributed by atoms with Crippen LogP contribution >= 0.6 is 15.9 Å². The molecule has 1 aliphatic rings. The third-order valence-corrected chi connectivity index (χ3v) is 5.03. The molecule has 110 valence electrons. The van der Waals surface area contributed by atoms with Crippen LogP contribution in [-0.2, 0) is 14.6 Å². The average molecular weight is 362 g/mol. The number of amides is 1. The maximum Gasteiger partial charge on any atom is 0.254 e. The Kier molecular flexibility index (Phi) is 4.82. The second kappa shape index (κ2) is 6.24. The van der Waals surface area contributed by atoms with Crippen LogP contribution in [0.25, 0.3) is 0 Å². The van der Waals surface area contributed by atoms with Gasteiger partial charge < -0.3 is 9.64 Å². The fourth-order valence-corrected chi connectivity index (χ4v) is 3.28. The predicted molar refractivity (Wildman–Crippen MR) is 79.0 cm³/mol. The number of morpholine rings is 1. The molecular formula is C13H16BrNO4S. The minimum absolute atomic E-state index is 0.0295. The summed E-state index contributed by atoms with van der Waals surface area (Å²) in [6.07, 6.45) is 1.13. The minimum atomic E-state index is -3.31. The van der Waals surface area contributed by atoms with Gasteiger partial charge in [-0.15, -0.1) is 0 Å². The van der Waals surface area contributed by atoms with Crippen molar-refractivity contribution >= 4 is 31.7 Å². The largest absolute Gasteiger partial charge is 0.377 e. The number of hydrogen-bond donors (Lipinski definition) is 0. The summed E-state index contributed by atoms with van der Waals surface area (Å²) in [5, 5.41) is 0.629. The Balaban J connectivity index is 2.29. The zero-order valence-electron chi connectivity index (χ0n) is 11.1. The Labute approximate surface area is 127 Å². The van der Waals surface area contributed by atoms with Gasteiger partial charge in [0.2, 0.25) is 0 Å². The number of carbonyl (C=O) groups is 1. The Morgan fingerprint density at radius 2 is 2.25 bits per heavy atom. The Morgan fingerprint density at radius 1 is 1.50 bits per heavy atom. The molecule has 0 spiro atoms. The quantitative estimate of drug-likeness (QED) is 0.761. The lowest BCUT2D eigenvalue weighted by molar-refractivity contribution is 0.00523. The van der Waals surface area contributed by atoms with Gasteiger partial charge >= 0.3 is 0 Å². The van der Waals surface area contributed by atoms with E-state index in [2.05, 4.69) is 15.9 Å². The highest BCUT2D eigenvalue weighted by Crippen LogP contribution is 2.17. The summed E-state index contributed by atoms with van der Waals surface area (Å²) in [6.45, 7) is 1.50. The summed E-state index contributed by atoms with van der Waals surface area (Å²) in [4.78, 5) is 14.4. The van der Waals surface area contributed by atoms with Crippen molar-refractivity contribution in [3.05, 3.63) is 29.8 Å². The van der Waals surface area contributed by atoms with Crippen molar-refractivity contribution in [3.63, 3.8) is 0 Å². The van der Waals surface area contributed by atoms with Gasteiger partial charge in [-0.25, -0.2) is 8.42 Å². The molecule has 2 rings (SSSR count). The number of carbonyl (C=O) groups excluding carboxylic acids is 1. The maximum absolute atomic E-state index is 12.5. The molecule has 1 unspecified atom stereocenters. The van der Waals surface area contributed by atoms with Crippen molar-refractivity contribution in [1.29, 1.82) is 0 Å². The molecule has 1 aromatic rings. The molecule has 0 saturated carbocycles. The van der Waals surface area contributed by atoms with Gasteiger partial charge in [0.15, 0.2) is 9.84 Å². The minimum Gasteiger partial charge on any atom is -0.377 e. The molecule has 1 saturated heterocycles. The molecule has 1 atom stereocenters.